The van der Waals surface area contributed by atoms with Crippen LogP contribution in [-0.2, 0) is 0 Å². The van der Waals surface area contributed by atoms with E-state index in [4.69, 9.17) is 0 Å². The van der Waals surface area contributed by atoms with E-state index < -0.39 is 4.92 Å². The van der Waals surface area contributed by atoms with Crippen molar-refractivity contribution < 1.29 is 4.92 Å². The Hall–Kier alpha value is -1.40. The molecule has 0 aliphatic carbocycles. The normalized spacial score (nSPS) is 10.4. The Morgan fingerprint density at radius 1 is 1.15 bits per heavy atom. The van der Waals surface area contributed by atoms with E-state index in [0.29, 0.717) is 10.2 Å². The van der Waals surface area contributed by atoms with Gasteiger partial charge in [0.05, 0.1) is 10.6 Å². The first-order valence-corrected chi connectivity index (χ1v) is 7.45. The van der Waals surface area contributed by atoms with Crippen molar-refractivity contribution in [2.75, 3.05) is 5.32 Å². The van der Waals surface area contributed by atoms with Crippen molar-refractivity contribution in [1.82, 2.24) is 0 Å². The van der Waals surface area contributed by atoms with Gasteiger partial charge >= 0.3 is 0 Å². The summed E-state index contributed by atoms with van der Waals surface area (Å²) in [5, 5.41) is 14.3. The van der Waals surface area contributed by atoms with Crippen LogP contribution >= 0.6 is 31.9 Å². The predicted molar refractivity (Wildman–Crippen MR) is 87.7 cm³/mol. The van der Waals surface area contributed by atoms with Gasteiger partial charge in [-0.3, -0.25) is 10.1 Å². The van der Waals surface area contributed by atoms with E-state index in [9.17, 15) is 10.1 Å². The number of rotatable bonds is 3. The molecule has 0 spiro atoms. The Labute approximate surface area is 133 Å². The molecule has 0 saturated heterocycles. The predicted octanol–water partition coefficient (Wildman–Crippen LogP) is 5.48. The molecule has 4 nitrogen and oxygen atoms in total. The number of aryl methyl sites for hydroxylation is 2. The molecule has 2 aromatic rings. The van der Waals surface area contributed by atoms with E-state index in [2.05, 4.69) is 37.2 Å². The van der Waals surface area contributed by atoms with Gasteiger partial charge in [0.15, 0.2) is 0 Å². The molecule has 0 aliphatic heterocycles. The first kappa shape index (κ1) is 15.0. The fourth-order valence-corrected chi connectivity index (χ4v) is 3.09. The van der Waals surface area contributed by atoms with Crippen molar-refractivity contribution in [3.63, 3.8) is 0 Å². The SMILES string of the molecule is Cc1cc(C)c(Nc2ccc(Br)cc2[N+](=O)[O-])c(Br)c1. The highest BCUT2D eigenvalue weighted by Gasteiger charge is 2.16. The van der Waals surface area contributed by atoms with Crippen LogP contribution in [0.3, 0.4) is 0 Å². The van der Waals surface area contributed by atoms with Gasteiger partial charge in [-0.25, -0.2) is 0 Å². The average molecular weight is 400 g/mol. The lowest BCUT2D eigenvalue weighted by Gasteiger charge is -2.13. The van der Waals surface area contributed by atoms with Crippen molar-refractivity contribution in [3.05, 3.63) is 60.5 Å². The van der Waals surface area contributed by atoms with Crippen LogP contribution in [0, 0.1) is 24.0 Å². The second-order valence-electron chi connectivity index (χ2n) is 4.48. The van der Waals surface area contributed by atoms with Crippen molar-refractivity contribution in [2.45, 2.75) is 13.8 Å². The molecule has 0 atom stereocenters. The highest BCUT2D eigenvalue weighted by Crippen LogP contribution is 2.35. The summed E-state index contributed by atoms with van der Waals surface area (Å²) in [6.07, 6.45) is 0. The number of benzene rings is 2. The van der Waals surface area contributed by atoms with E-state index in [1.807, 2.05) is 26.0 Å². The summed E-state index contributed by atoms with van der Waals surface area (Å²) >= 11 is 6.74. The monoisotopic (exact) mass is 398 g/mol. The van der Waals surface area contributed by atoms with Crippen LogP contribution in [0.2, 0.25) is 0 Å². The van der Waals surface area contributed by atoms with Crippen molar-refractivity contribution in [2.24, 2.45) is 0 Å². The van der Waals surface area contributed by atoms with Crippen LogP contribution < -0.4 is 5.32 Å². The molecule has 0 amide bonds. The van der Waals surface area contributed by atoms with Crippen molar-refractivity contribution in [3.8, 4) is 0 Å². The van der Waals surface area contributed by atoms with Gasteiger partial charge in [0.25, 0.3) is 5.69 Å². The number of halogens is 2. The summed E-state index contributed by atoms with van der Waals surface area (Å²) in [5.74, 6) is 0. The molecular formula is C14H12Br2N2O2. The van der Waals surface area contributed by atoms with Crippen LogP contribution in [0.5, 0.6) is 0 Å². The van der Waals surface area contributed by atoms with Gasteiger partial charge in [-0.2, -0.15) is 0 Å². The van der Waals surface area contributed by atoms with Crippen LogP contribution in [0.15, 0.2) is 39.3 Å². The third-order valence-corrected chi connectivity index (χ3v) is 3.97. The summed E-state index contributed by atoms with van der Waals surface area (Å²) in [4.78, 5) is 10.7. The van der Waals surface area contributed by atoms with Crippen LogP contribution in [-0.4, -0.2) is 4.92 Å². The smallest absolute Gasteiger partial charge is 0.293 e. The maximum Gasteiger partial charge on any atom is 0.293 e. The first-order chi connectivity index (χ1) is 9.38. The lowest BCUT2D eigenvalue weighted by atomic mass is 10.1. The second kappa shape index (κ2) is 5.93. The minimum absolute atomic E-state index is 0.0336. The maximum absolute atomic E-state index is 11.1. The molecule has 1 N–H and O–H groups in total. The van der Waals surface area contributed by atoms with Gasteiger partial charge in [-0.1, -0.05) is 22.0 Å². The minimum atomic E-state index is -0.398. The van der Waals surface area contributed by atoms with E-state index in [0.717, 1.165) is 21.3 Å². The highest BCUT2D eigenvalue weighted by molar-refractivity contribution is 9.10. The van der Waals surface area contributed by atoms with Gasteiger partial charge in [-0.15, -0.1) is 0 Å². The van der Waals surface area contributed by atoms with Crippen LogP contribution in [0.1, 0.15) is 11.1 Å². The molecule has 0 radical (unpaired) electrons. The Kier molecular flexibility index (Phi) is 4.45. The van der Waals surface area contributed by atoms with Crippen molar-refractivity contribution >= 4 is 48.9 Å². The van der Waals surface area contributed by atoms with E-state index in [-0.39, 0.29) is 5.69 Å². The Bertz CT molecular complexity index is 664. The van der Waals surface area contributed by atoms with Gasteiger partial charge in [0.2, 0.25) is 0 Å². The first-order valence-electron chi connectivity index (χ1n) is 5.86. The summed E-state index contributed by atoms with van der Waals surface area (Å²) in [6.45, 7) is 3.97. The third kappa shape index (κ3) is 3.19. The molecule has 0 saturated carbocycles. The van der Waals surface area contributed by atoms with Crippen molar-refractivity contribution in [1.29, 1.82) is 0 Å². The Morgan fingerprint density at radius 2 is 1.85 bits per heavy atom. The largest absolute Gasteiger partial charge is 0.349 e. The molecule has 0 unspecified atom stereocenters. The number of hydrogen-bond acceptors (Lipinski definition) is 3. The molecule has 0 aliphatic rings. The number of nitro benzene ring substituents is 1. The Balaban J connectivity index is 2.48. The van der Waals surface area contributed by atoms with Gasteiger partial charge in [-0.05, 0) is 59.1 Å². The summed E-state index contributed by atoms with van der Waals surface area (Å²) < 4.78 is 1.56. The number of hydrogen-bond donors (Lipinski definition) is 1. The molecule has 6 heteroatoms. The molecule has 2 aromatic carbocycles. The topological polar surface area (TPSA) is 55.2 Å². The number of anilines is 2. The zero-order valence-corrected chi connectivity index (χ0v) is 14.1. The molecule has 0 heterocycles. The summed E-state index contributed by atoms with van der Waals surface area (Å²) in [6, 6.07) is 8.94. The van der Waals surface area contributed by atoms with Gasteiger partial charge in [0.1, 0.15) is 5.69 Å². The standard InChI is InChI=1S/C14H12Br2N2O2/c1-8-5-9(2)14(11(16)6-8)17-12-4-3-10(15)7-13(12)18(19)20/h3-7,17H,1-2H3. The number of nitro groups is 1. The molecule has 2 rings (SSSR count). The zero-order chi connectivity index (χ0) is 14.9. The van der Waals surface area contributed by atoms with E-state index in [1.165, 1.54) is 6.07 Å². The second-order valence-corrected chi connectivity index (χ2v) is 6.25. The molecular weight excluding hydrogens is 388 g/mol. The van der Waals surface area contributed by atoms with Gasteiger partial charge in [0, 0.05) is 15.0 Å². The third-order valence-electron chi connectivity index (χ3n) is 2.85. The zero-order valence-electron chi connectivity index (χ0n) is 10.9. The van der Waals surface area contributed by atoms with E-state index in [1.54, 1.807) is 12.1 Å². The fraction of sp³-hybridized carbons (Fsp3) is 0.143. The van der Waals surface area contributed by atoms with E-state index >= 15 is 0 Å². The van der Waals surface area contributed by atoms with Crippen LogP contribution in [0.25, 0.3) is 0 Å². The molecule has 104 valence electrons. The van der Waals surface area contributed by atoms with Gasteiger partial charge < -0.3 is 5.32 Å². The fourth-order valence-electron chi connectivity index (χ4n) is 1.97. The molecule has 0 bridgehead atoms. The number of nitrogens with one attached hydrogen (secondary N) is 1. The lowest BCUT2D eigenvalue weighted by Crippen LogP contribution is -1.99. The summed E-state index contributed by atoms with van der Waals surface area (Å²) in [5.41, 5.74) is 3.48. The van der Waals surface area contributed by atoms with Crippen LogP contribution in [0.4, 0.5) is 17.1 Å². The molecule has 20 heavy (non-hydrogen) atoms. The summed E-state index contributed by atoms with van der Waals surface area (Å²) in [7, 11) is 0. The average Bonchev–Trinajstić information content (AvgIpc) is 2.34. The Morgan fingerprint density at radius 3 is 2.45 bits per heavy atom. The molecule has 0 fully saturated rings. The molecule has 0 aromatic heterocycles. The number of nitrogens with zero attached hydrogens (tertiary/aromatic N) is 1. The maximum atomic E-state index is 11.1. The minimum Gasteiger partial charge on any atom is -0.349 e. The lowest BCUT2D eigenvalue weighted by molar-refractivity contribution is -0.384. The highest BCUT2D eigenvalue weighted by atomic mass is 79.9. The quantitative estimate of drug-likeness (QED) is 0.549.